The first-order chi connectivity index (χ1) is 6.11. The van der Waals surface area contributed by atoms with E-state index in [2.05, 4.69) is 9.47 Å². The Labute approximate surface area is 82.1 Å². The molecule has 1 unspecified atom stereocenters. The van der Waals surface area contributed by atoms with Crippen molar-refractivity contribution in [2.75, 3.05) is 12.5 Å². The smallest absolute Gasteiger partial charge is 0.347 e. The Morgan fingerprint density at radius 3 is 2.62 bits per heavy atom. The molecule has 0 bridgehead atoms. The number of ether oxygens (including phenoxy) is 2. The van der Waals surface area contributed by atoms with Gasteiger partial charge in [0.15, 0.2) is 6.10 Å². The van der Waals surface area contributed by atoms with E-state index in [-0.39, 0.29) is 12.5 Å². The maximum atomic E-state index is 11.0. The predicted molar refractivity (Wildman–Crippen MR) is 47.2 cm³/mol. The number of esters is 2. The summed E-state index contributed by atoms with van der Waals surface area (Å²) in [5.41, 5.74) is 0. The molecule has 0 aliphatic rings. The first-order valence-electron chi connectivity index (χ1n) is 3.84. The zero-order valence-corrected chi connectivity index (χ0v) is 8.34. The molecule has 0 N–H and O–H groups in total. The highest BCUT2D eigenvalue weighted by Crippen LogP contribution is 1.97. The third-order valence-electron chi connectivity index (χ3n) is 1.18. The van der Waals surface area contributed by atoms with Crippen molar-refractivity contribution in [1.29, 1.82) is 0 Å². The molecule has 0 aromatic heterocycles. The second-order valence-corrected chi connectivity index (χ2v) is 2.60. The van der Waals surface area contributed by atoms with Crippen molar-refractivity contribution in [3.05, 3.63) is 6.42 Å². The first kappa shape index (κ1) is 12.2. The molecular weight excluding hydrogens is 196 g/mol. The molecule has 75 valence electrons. The summed E-state index contributed by atoms with van der Waals surface area (Å²) in [6.45, 7) is 3.09. The summed E-state index contributed by atoms with van der Waals surface area (Å²) in [5, 5.41) is 0. The quantitative estimate of drug-likeness (QED) is 0.497. The van der Waals surface area contributed by atoms with Gasteiger partial charge in [-0.15, -0.1) is 11.6 Å². The topological polar surface area (TPSA) is 52.6 Å². The van der Waals surface area contributed by atoms with Crippen LogP contribution < -0.4 is 0 Å². The van der Waals surface area contributed by atoms with E-state index >= 15 is 0 Å². The number of hydrogen-bond donors (Lipinski definition) is 0. The Kier molecular flexibility index (Phi) is 6.32. The Morgan fingerprint density at radius 2 is 2.15 bits per heavy atom. The number of rotatable bonds is 5. The van der Waals surface area contributed by atoms with Crippen LogP contribution in [0.2, 0.25) is 0 Å². The Bertz CT molecular complexity index is 181. The number of halogens is 1. The molecule has 0 rings (SSSR count). The molecule has 0 spiro atoms. The van der Waals surface area contributed by atoms with Gasteiger partial charge in [0, 0.05) is 0 Å². The molecule has 0 aromatic rings. The summed E-state index contributed by atoms with van der Waals surface area (Å²) in [6, 6.07) is 0. The Hall–Kier alpha value is -0.770. The van der Waals surface area contributed by atoms with E-state index in [1.807, 2.05) is 0 Å². The van der Waals surface area contributed by atoms with Crippen LogP contribution in [0.3, 0.4) is 0 Å². The highest BCUT2D eigenvalue weighted by molar-refractivity contribution is 6.18. The van der Waals surface area contributed by atoms with E-state index in [0.717, 1.165) is 0 Å². The standard InChI is InChI=1S/C8H12ClO4/c1-3-7(10)13-6(2)8(11)12-5-4-9/h3,6H,4-5H2,1-2H3. The van der Waals surface area contributed by atoms with Gasteiger partial charge in [0.2, 0.25) is 0 Å². The molecule has 4 nitrogen and oxygen atoms in total. The van der Waals surface area contributed by atoms with Crippen LogP contribution in [0.5, 0.6) is 0 Å². The van der Waals surface area contributed by atoms with E-state index in [0.29, 0.717) is 0 Å². The SMILES string of the molecule is C[CH]C(=O)OC(C)C(=O)OCCCl. The van der Waals surface area contributed by atoms with Crippen LogP contribution in [0.4, 0.5) is 0 Å². The summed E-state index contributed by atoms with van der Waals surface area (Å²) in [5.74, 6) is -0.905. The lowest BCUT2D eigenvalue weighted by atomic mass is 10.4. The number of alkyl halides is 1. The van der Waals surface area contributed by atoms with E-state index in [4.69, 9.17) is 11.6 Å². The van der Waals surface area contributed by atoms with Crippen LogP contribution in [0.15, 0.2) is 0 Å². The molecule has 0 saturated carbocycles. The Balaban J connectivity index is 3.75. The molecule has 0 fully saturated rings. The normalized spacial score (nSPS) is 11.9. The summed E-state index contributed by atoms with van der Waals surface area (Å²) >= 11 is 5.29. The first-order valence-corrected chi connectivity index (χ1v) is 4.37. The molecule has 13 heavy (non-hydrogen) atoms. The minimum absolute atomic E-state index is 0.123. The zero-order chi connectivity index (χ0) is 10.3. The van der Waals surface area contributed by atoms with Crippen molar-refractivity contribution in [1.82, 2.24) is 0 Å². The van der Waals surface area contributed by atoms with Crippen LogP contribution in [0, 0.1) is 6.42 Å². The number of carbonyl (C=O) groups is 2. The molecule has 0 amide bonds. The van der Waals surface area contributed by atoms with Crippen LogP contribution in [0.25, 0.3) is 0 Å². The van der Waals surface area contributed by atoms with Gasteiger partial charge < -0.3 is 9.47 Å². The molecule has 1 atom stereocenters. The third kappa shape index (κ3) is 5.47. The lowest BCUT2D eigenvalue weighted by Gasteiger charge is -2.10. The molecular formula is C8H12ClO4. The van der Waals surface area contributed by atoms with Crippen molar-refractivity contribution < 1.29 is 19.1 Å². The summed E-state index contributed by atoms with van der Waals surface area (Å²) in [4.78, 5) is 21.7. The van der Waals surface area contributed by atoms with Crippen LogP contribution >= 0.6 is 11.6 Å². The Morgan fingerprint density at radius 1 is 1.54 bits per heavy atom. The molecule has 0 saturated heterocycles. The van der Waals surface area contributed by atoms with Crippen molar-refractivity contribution in [2.24, 2.45) is 0 Å². The van der Waals surface area contributed by atoms with E-state index in [1.165, 1.54) is 20.3 Å². The van der Waals surface area contributed by atoms with Crippen molar-refractivity contribution in [3.63, 3.8) is 0 Å². The average Bonchev–Trinajstić information content (AvgIpc) is 2.13. The molecule has 1 radical (unpaired) electrons. The minimum Gasteiger partial charge on any atom is -0.462 e. The van der Waals surface area contributed by atoms with E-state index in [9.17, 15) is 9.59 Å². The number of hydrogen-bond acceptors (Lipinski definition) is 4. The van der Waals surface area contributed by atoms with E-state index in [1.54, 1.807) is 0 Å². The summed E-state index contributed by atoms with van der Waals surface area (Å²) in [6.07, 6.45) is 0.345. The molecule has 0 aliphatic carbocycles. The van der Waals surface area contributed by atoms with Gasteiger partial charge in [-0.05, 0) is 6.92 Å². The summed E-state index contributed by atoms with van der Waals surface area (Å²) in [7, 11) is 0. The average molecular weight is 208 g/mol. The predicted octanol–water partition coefficient (Wildman–Crippen LogP) is 0.924. The second-order valence-electron chi connectivity index (χ2n) is 2.22. The van der Waals surface area contributed by atoms with Crippen LogP contribution in [0.1, 0.15) is 13.8 Å². The third-order valence-corrected chi connectivity index (χ3v) is 1.34. The van der Waals surface area contributed by atoms with Gasteiger partial charge >= 0.3 is 11.9 Å². The van der Waals surface area contributed by atoms with Gasteiger partial charge in [-0.1, -0.05) is 6.92 Å². The van der Waals surface area contributed by atoms with Gasteiger partial charge in [0.1, 0.15) is 6.61 Å². The second kappa shape index (κ2) is 6.71. The zero-order valence-electron chi connectivity index (χ0n) is 7.58. The van der Waals surface area contributed by atoms with Gasteiger partial charge in [0.05, 0.1) is 12.3 Å². The van der Waals surface area contributed by atoms with Gasteiger partial charge in [-0.3, -0.25) is 4.79 Å². The largest absolute Gasteiger partial charge is 0.462 e. The lowest BCUT2D eigenvalue weighted by molar-refractivity contribution is -0.164. The highest BCUT2D eigenvalue weighted by Gasteiger charge is 2.17. The monoisotopic (exact) mass is 207 g/mol. The fourth-order valence-electron chi connectivity index (χ4n) is 0.547. The van der Waals surface area contributed by atoms with Crippen molar-refractivity contribution in [2.45, 2.75) is 20.0 Å². The van der Waals surface area contributed by atoms with Crippen molar-refractivity contribution >= 4 is 23.5 Å². The van der Waals surface area contributed by atoms with Crippen molar-refractivity contribution in [3.8, 4) is 0 Å². The van der Waals surface area contributed by atoms with E-state index < -0.39 is 18.0 Å². The summed E-state index contributed by atoms with van der Waals surface area (Å²) < 4.78 is 9.28. The maximum absolute atomic E-state index is 11.0. The number of carbonyl (C=O) groups excluding carboxylic acids is 2. The van der Waals surface area contributed by atoms with Crippen LogP contribution in [-0.4, -0.2) is 30.5 Å². The maximum Gasteiger partial charge on any atom is 0.347 e. The fourth-order valence-corrected chi connectivity index (χ4v) is 0.624. The molecule has 0 aromatic carbocycles. The molecule has 5 heteroatoms. The minimum atomic E-state index is -0.882. The van der Waals surface area contributed by atoms with Crippen LogP contribution in [-0.2, 0) is 19.1 Å². The van der Waals surface area contributed by atoms with Gasteiger partial charge in [-0.25, -0.2) is 4.79 Å². The highest BCUT2D eigenvalue weighted by atomic mass is 35.5. The molecule has 0 heterocycles. The fraction of sp³-hybridized carbons (Fsp3) is 0.625. The van der Waals surface area contributed by atoms with Gasteiger partial charge in [-0.2, -0.15) is 0 Å². The lowest BCUT2D eigenvalue weighted by Crippen LogP contribution is -2.26. The molecule has 0 aliphatic heterocycles. The van der Waals surface area contributed by atoms with Gasteiger partial charge in [0.25, 0.3) is 0 Å².